The molecule has 6 rings (SSSR count). The molecule has 3 heterocycles. The number of carbonyl (C=O) groups is 1. The van der Waals surface area contributed by atoms with E-state index >= 15 is 0 Å². The van der Waals surface area contributed by atoms with Gasteiger partial charge in [0, 0.05) is 29.4 Å². The molecule has 1 aliphatic carbocycles. The van der Waals surface area contributed by atoms with E-state index < -0.39 is 23.2 Å². The zero-order chi connectivity index (χ0) is 24.6. The van der Waals surface area contributed by atoms with Crippen LogP contribution in [0.5, 0.6) is 0 Å². The van der Waals surface area contributed by atoms with Gasteiger partial charge in [-0.3, -0.25) is 9.79 Å². The van der Waals surface area contributed by atoms with Crippen molar-refractivity contribution in [1.29, 1.82) is 0 Å². The zero-order valence-electron chi connectivity index (χ0n) is 19.4. The lowest BCUT2D eigenvalue weighted by molar-refractivity contribution is 0.106. The van der Waals surface area contributed by atoms with Crippen molar-refractivity contribution in [2.45, 2.75) is 39.7 Å². The highest BCUT2D eigenvalue weighted by Crippen LogP contribution is 2.43. The highest BCUT2D eigenvalue weighted by molar-refractivity contribution is 6.46. The van der Waals surface area contributed by atoms with Crippen LogP contribution < -0.4 is 10.7 Å². The molecule has 0 bridgehead atoms. The minimum absolute atomic E-state index is 0.209. The van der Waals surface area contributed by atoms with E-state index in [0.717, 1.165) is 17.6 Å². The number of halogens is 3. The second-order valence-electron chi connectivity index (χ2n) is 9.37. The van der Waals surface area contributed by atoms with Crippen LogP contribution in [0.25, 0.3) is 5.57 Å². The summed E-state index contributed by atoms with van der Waals surface area (Å²) in [6, 6.07) is 5.06. The van der Waals surface area contributed by atoms with Crippen LogP contribution in [0, 0.1) is 24.4 Å². The highest BCUT2D eigenvalue weighted by atomic mass is 19.2. The summed E-state index contributed by atoms with van der Waals surface area (Å²) in [6.07, 6.45) is 3.13. The van der Waals surface area contributed by atoms with Crippen molar-refractivity contribution in [2.75, 3.05) is 6.54 Å². The van der Waals surface area contributed by atoms with Gasteiger partial charge in [-0.05, 0) is 61.6 Å². The average molecular weight is 474 g/mol. The smallest absolute Gasteiger partial charge is 0.230 e. The van der Waals surface area contributed by atoms with Crippen molar-refractivity contribution in [1.82, 2.24) is 4.57 Å². The normalized spacial score (nSPS) is 18.0. The average Bonchev–Trinajstić information content (AvgIpc) is 3.37. The maximum absolute atomic E-state index is 13.7. The van der Waals surface area contributed by atoms with Gasteiger partial charge in [-0.1, -0.05) is 12.5 Å². The van der Waals surface area contributed by atoms with Gasteiger partial charge >= 0.3 is 0 Å². The Balaban J connectivity index is 1.52. The summed E-state index contributed by atoms with van der Waals surface area (Å²) < 4.78 is 43.0. The van der Waals surface area contributed by atoms with Gasteiger partial charge in [0.05, 0.1) is 23.3 Å². The molecule has 35 heavy (non-hydrogen) atoms. The second-order valence-corrected chi connectivity index (χ2v) is 9.37. The Bertz CT molecular complexity index is 1640. The highest BCUT2D eigenvalue weighted by Gasteiger charge is 2.31. The first-order valence-electron chi connectivity index (χ1n) is 11.5. The first-order chi connectivity index (χ1) is 16.7. The Morgan fingerprint density at radius 1 is 1.06 bits per heavy atom. The van der Waals surface area contributed by atoms with E-state index in [9.17, 15) is 18.0 Å². The lowest BCUT2D eigenvalue weighted by atomic mass is 9.79. The quantitative estimate of drug-likeness (QED) is 0.392. The van der Waals surface area contributed by atoms with Crippen molar-refractivity contribution >= 4 is 22.9 Å². The van der Waals surface area contributed by atoms with Gasteiger partial charge in [0.15, 0.2) is 17.5 Å². The lowest BCUT2D eigenvalue weighted by Crippen LogP contribution is -2.32. The summed E-state index contributed by atoms with van der Waals surface area (Å²) >= 11 is 0. The Morgan fingerprint density at radius 2 is 1.80 bits per heavy atom. The number of carbonyl (C=O) groups excluding carboxylic acids is 1. The zero-order valence-corrected chi connectivity index (χ0v) is 19.4. The molecule has 0 radical (unpaired) electrons. The van der Waals surface area contributed by atoms with Crippen molar-refractivity contribution in [2.24, 2.45) is 15.0 Å². The maximum atomic E-state index is 13.7. The lowest BCUT2D eigenvalue weighted by Gasteiger charge is -2.27. The predicted octanol–water partition coefficient (Wildman–Crippen LogP) is 4.72. The predicted molar refractivity (Wildman–Crippen MR) is 125 cm³/mol. The number of amidine groups is 1. The van der Waals surface area contributed by atoms with E-state index in [2.05, 4.69) is 41.5 Å². The Hall–Kier alpha value is -3.81. The molecule has 0 saturated heterocycles. The fourth-order valence-corrected chi connectivity index (χ4v) is 5.57. The van der Waals surface area contributed by atoms with E-state index in [1.54, 1.807) is 6.07 Å². The minimum atomic E-state index is -1.62. The van der Waals surface area contributed by atoms with Crippen LogP contribution >= 0.6 is 0 Å². The maximum Gasteiger partial charge on any atom is 0.230 e. The van der Waals surface area contributed by atoms with Crippen LogP contribution in [0.3, 0.4) is 0 Å². The summed E-state index contributed by atoms with van der Waals surface area (Å²) in [6.45, 7) is 7.77. The van der Waals surface area contributed by atoms with Gasteiger partial charge in [0.1, 0.15) is 5.36 Å². The molecule has 3 aromatic rings. The number of aryl methyl sites for hydroxylation is 1. The molecule has 0 fully saturated rings. The minimum Gasteiger partial charge on any atom is -0.345 e. The van der Waals surface area contributed by atoms with Crippen molar-refractivity contribution in [3.8, 4) is 0 Å². The van der Waals surface area contributed by atoms with Gasteiger partial charge in [-0.15, -0.1) is 0 Å². The van der Waals surface area contributed by atoms with Crippen LogP contribution in [0.2, 0.25) is 0 Å². The molecule has 0 N–H and O–H groups in total. The molecule has 0 saturated carbocycles. The van der Waals surface area contributed by atoms with E-state index in [-0.39, 0.29) is 11.4 Å². The number of Topliss-reactive ketones (excluding diaryl/α,β-unsaturated/α-hetero) is 1. The van der Waals surface area contributed by atoms with E-state index in [0.29, 0.717) is 47.5 Å². The van der Waals surface area contributed by atoms with Gasteiger partial charge in [-0.2, -0.15) is 0 Å². The Labute approximate surface area is 199 Å². The molecule has 1 aromatic heterocycles. The third-order valence-corrected chi connectivity index (χ3v) is 6.99. The Morgan fingerprint density at radius 3 is 2.54 bits per heavy atom. The number of benzene rings is 2. The van der Waals surface area contributed by atoms with E-state index in [1.807, 2.05) is 6.07 Å². The largest absolute Gasteiger partial charge is 0.345 e. The van der Waals surface area contributed by atoms with E-state index in [1.165, 1.54) is 22.4 Å². The number of allylic oxidation sites excluding steroid dienone is 1. The van der Waals surface area contributed by atoms with Crippen molar-refractivity contribution in [3.05, 3.63) is 92.1 Å². The van der Waals surface area contributed by atoms with Gasteiger partial charge in [0.2, 0.25) is 11.6 Å². The number of nitrogens with zero attached hydrogens (tertiary/aromatic N) is 4. The first-order valence-corrected chi connectivity index (χ1v) is 11.5. The van der Waals surface area contributed by atoms with Crippen LogP contribution in [-0.4, -0.2) is 22.7 Å². The summed E-state index contributed by atoms with van der Waals surface area (Å²) in [4.78, 5) is 26.5. The molecule has 1 unspecified atom stereocenters. The molecule has 3 aliphatic rings. The topological polar surface area (TPSA) is 59.1 Å². The standard InChI is InChI=1S/C27H21F3N4O/c1-12-8-13(2)21-16-4-5-19-24(23(16)31-6-7-34-11-14(3)20(12)25(21)34)33-27(32-19)26(35)15-9-17(28)22(30)18(29)10-15/h4-5,9-12H,6-8H2,1-3H3. The van der Waals surface area contributed by atoms with Gasteiger partial charge in [-0.25, -0.2) is 23.2 Å². The summed E-state index contributed by atoms with van der Waals surface area (Å²) in [5.41, 5.74) is 7.26. The number of hydrogen-bond acceptors (Lipinski definition) is 4. The molecule has 0 amide bonds. The number of aliphatic imine (C=N–C) groups is 1. The second kappa shape index (κ2) is 7.60. The van der Waals surface area contributed by atoms with Crippen LogP contribution in [0.4, 0.5) is 18.9 Å². The van der Waals surface area contributed by atoms with Crippen LogP contribution in [0.1, 0.15) is 58.9 Å². The van der Waals surface area contributed by atoms with Crippen LogP contribution in [-0.2, 0) is 6.54 Å². The molecule has 176 valence electrons. The third kappa shape index (κ3) is 3.16. The first kappa shape index (κ1) is 21.7. The van der Waals surface area contributed by atoms with Crippen LogP contribution in [0.15, 0.2) is 51.0 Å². The molecule has 8 heteroatoms. The molecule has 5 nitrogen and oxygen atoms in total. The Kier molecular flexibility index (Phi) is 4.71. The van der Waals surface area contributed by atoms with Gasteiger partial charge in [0.25, 0.3) is 0 Å². The summed E-state index contributed by atoms with van der Waals surface area (Å²) in [5.74, 6) is -5.08. The number of rotatable bonds is 2. The molecular weight excluding hydrogens is 453 g/mol. The fourth-order valence-electron chi connectivity index (χ4n) is 5.57. The number of ketones is 1. The number of hydrogen-bond donors (Lipinski definition) is 0. The summed E-state index contributed by atoms with van der Waals surface area (Å²) in [7, 11) is 0. The van der Waals surface area contributed by atoms with Crippen molar-refractivity contribution < 1.29 is 18.0 Å². The number of aromatic nitrogens is 1. The number of fused-ring (bicyclic) bond motifs is 4. The molecule has 2 aromatic carbocycles. The SMILES string of the molecule is CC1=C2c3ccc4c(c3=NCCn3cc(C)c(c32)C(C)C1)=NC(C(=O)c1cc(F)c(F)c(F)c1)=N4. The molecule has 2 aliphatic heterocycles. The van der Waals surface area contributed by atoms with Gasteiger partial charge < -0.3 is 4.57 Å². The third-order valence-electron chi connectivity index (χ3n) is 6.99. The van der Waals surface area contributed by atoms with Crippen molar-refractivity contribution in [3.63, 3.8) is 0 Å². The monoisotopic (exact) mass is 474 g/mol. The fraction of sp³-hybridized carbons (Fsp3) is 0.259. The molecular formula is C27H21F3N4O. The van der Waals surface area contributed by atoms with E-state index in [4.69, 9.17) is 4.99 Å². The molecule has 1 atom stereocenters. The molecule has 0 spiro atoms. The summed E-state index contributed by atoms with van der Waals surface area (Å²) in [5, 5.41) is 1.12.